The fourth-order valence-electron chi connectivity index (χ4n) is 0.621. The predicted molar refractivity (Wildman–Crippen MR) is 62.6 cm³/mol. The smallest absolute Gasteiger partial charge is 0.0771 e. The third kappa shape index (κ3) is 9.05. The summed E-state index contributed by atoms with van der Waals surface area (Å²) in [6.45, 7) is 8.25. The molecule has 5 heteroatoms. The van der Waals surface area contributed by atoms with Crippen LogP contribution in [0, 0.1) is 0 Å². The van der Waals surface area contributed by atoms with E-state index in [2.05, 4.69) is 32.3 Å². The highest BCUT2D eigenvalue weighted by molar-refractivity contribution is 7.17. The summed E-state index contributed by atoms with van der Waals surface area (Å²) in [7, 11) is 5.38. The highest BCUT2D eigenvalue weighted by Gasteiger charge is 2.05. The van der Waals surface area contributed by atoms with Crippen LogP contribution in [0.2, 0.25) is 0 Å². The maximum atomic E-state index is 5.38. The van der Waals surface area contributed by atoms with Crippen molar-refractivity contribution < 1.29 is 9.68 Å². The van der Waals surface area contributed by atoms with Crippen molar-refractivity contribution in [3.63, 3.8) is 0 Å². The van der Waals surface area contributed by atoms with Crippen LogP contribution in [0.1, 0.15) is 20.8 Å². The Morgan fingerprint density at radius 2 is 1.46 bits per heavy atom. The highest BCUT2D eigenvalue weighted by atomic mass is 31.0. The molecular weight excluding hydrogens is 204 g/mol. The fraction of sp³-hybridized carbons (Fsp3) is 1.00. The summed E-state index contributed by atoms with van der Waals surface area (Å²) < 4.78 is 0. The van der Waals surface area contributed by atoms with Crippen LogP contribution in [-0.4, -0.2) is 36.3 Å². The Labute approximate surface area is 85.8 Å². The zero-order valence-electron chi connectivity index (χ0n) is 8.69. The number of nitrogens with zero attached hydrogens (tertiary/aromatic N) is 1. The van der Waals surface area contributed by atoms with Crippen molar-refractivity contribution in [2.24, 2.45) is 0 Å². The lowest BCUT2D eigenvalue weighted by atomic mass is 10.5. The number of hydrogen-bond donors (Lipinski definition) is 0. The number of hydroxylamine groups is 2. The molecule has 0 aliphatic rings. The summed E-state index contributed by atoms with van der Waals surface area (Å²) in [6, 6.07) is 0. The second kappa shape index (κ2) is 8.08. The van der Waals surface area contributed by atoms with Gasteiger partial charge in [0.2, 0.25) is 0 Å². The van der Waals surface area contributed by atoms with E-state index >= 15 is 0 Å². The van der Waals surface area contributed by atoms with Gasteiger partial charge in [0, 0.05) is 6.54 Å². The Morgan fingerprint density at radius 1 is 1.08 bits per heavy atom. The standard InChI is InChI=1S/C8H21NO2P2/c1-4-9(10-5-7(2)12)11-6-8(3)13/h7-8H,4-6,12-13H2,1-3H3. The van der Waals surface area contributed by atoms with Crippen LogP contribution in [0.5, 0.6) is 0 Å². The van der Waals surface area contributed by atoms with Crippen molar-refractivity contribution in [3.8, 4) is 0 Å². The average Bonchev–Trinajstić information content (AvgIpc) is 2.04. The summed E-state index contributed by atoms with van der Waals surface area (Å²) in [5, 5.41) is 1.54. The Morgan fingerprint density at radius 3 is 1.69 bits per heavy atom. The monoisotopic (exact) mass is 225 g/mol. The molecule has 0 N–H and O–H groups in total. The van der Waals surface area contributed by atoms with Gasteiger partial charge in [-0.15, -0.1) is 18.5 Å². The van der Waals surface area contributed by atoms with Crippen LogP contribution < -0.4 is 0 Å². The van der Waals surface area contributed by atoms with Crippen molar-refractivity contribution in [1.82, 2.24) is 5.23 Å². The first-order valence-corrected chi connectivity index (χ1v) is 5.94. The Kier molecular flexibility index (Phi) is 8.54. The molecule has 0 aromatic heterocycles. The van der Waals surface area contributed by atoms with E-state index in [0.29, 0.717) is 24.5 Å². The summed E-state index contributed by atoms with van der Waals surface area (Å²) >= 11 is 0. The second-order valence-electron chi connectivity index (χ2n) is 3.20. The van der Waals surface area contributed by atoms with Gasteiger partial charge < -0.3 is 0 Å². The molecule has 80 valence electrons. The van der Waals surface area contributed by atoms with Crippen LogP contribution in [0.25, 0.3) is 0 Å². The van der Waals surface area contributed by atoms with Crippen LogP contribution in [-0.2, 0) is 9.68 Å². The SMILES string of the molecule is CCN(OCC(C)P)OCC(C)P. The Bertz CT molecular complexity index is 111. The Balaban J connectivity index is 3.51. The van der Waals surface area contributed by atoms with Crippen LogP contribution in [0.15, 0.2) is 0 Å². The van der Waals surface area contributed by atoms with Gasteiger partial charge in [-0.2, -0.15) is 0 Å². The molecule has 4 atom stereocenters. The lowest BCUT2D eigenvalue weighted by molar-refractivity contribution is -0.364. The van der Waals surface area contributed by atoms with Crippen molar-refractivity contribution in [2.45, 2.75) is 32.1 Å². The molecule has 0 radical (unpaired) electrons. The van der Waals surface area contributed by atoms with Crippen molar-refractivity contribution in [2.75, 3.05) is 19.8 Å². The summed E-state index contributed by atoms with van der Waals surface area (Å²) in [6.07, 6.45) is 0. The third-order valence-electron chi connectivity index (χ3n) is 1.22. The zero-order valence-corrected chi connectivity index (χ0v) is 11.0. The summed E-state index contributed by atoms with van der Waals surface area (Å²) in [5.41, 5.74) is 0.900. The summed E-state index contributed by atoms with van der Waals surface area (Å²) in [4.78, 5) is 10.8. The maximum Gasteiger partial charge on any atom is 0.0771 e. The van der Waals surface area contributed by atoms with E-state index in [-0.39, 0.29) is 0 Å². The minimum atomic E-state index is 0.450. The third-order valence-corrected chi connectivity index (χ3v) is 1.61. The molecule has 0 aliphatic heterocycles. The van der Waals surface area contributed by atoms with E-state index in [1.165, 1.54) is 0 Å². The quantitative estimate of drug-likeness (QED) is 0.486. The average molecular weight is 225 g/mol. The van der Waals surface area contributed by atoms with Gasteiger partial charge in [0.25, 0.3) is 0 Å². The van der Waals surface area contributed by atoms with E-state index in [9.17, 15) is 0 Å². The molecular formula is C8H21NO2P2. The van der Waals surface area contributed by atoms with Gasteiger partial charge in [-0.25, -0.2) is 0 Å². The maximum absolute atomic E-state index is 5.38. The van der Waals surface area contributed by atoms with Crippen LogP contribution in [0.3, 0.4) is 0 Å². The van der Waals surface area contributed by atoms with Crippen molar-refractivity contribution in [1.29, 1.82) is 0 Å². The van der Waals surface area contributed by atoms with E-state index in [1.807, 2.05) is 6.92 Å². The Hall–Kier alpha value is 0.740. The molecule has 0 aromatic carbocycles. The van der Waals surface area contributed by atoms with E-state index in [4.69, 9.17) is 9.68 Å². The van der Waals surface area contributed by atoms with Gasteiger partial charge in [0.1, 0.15) is 0 Å². The topological polar surface area (TPSA) is 21.7 Å². The molecule has 0 saturated carbocycles. The minimum Gasteiger partial charge on any atom is -0.274 e. The molecule has 0 heterocycles. The minimum absolute atomic E-state index is 0.450. The summed E-state index contributed by atoms with van der Waals surface area (Å²) in [5.74, 6) is 0. The molecule has 4 unspecified atom stereocenters. The molecule has 0 aliphatic carbocycles. The van der Waals surface area contributed by atoms with Gasteiger partial charge >= 0.3 is 0 Å². The van der Waals surface area contributed by atoms with E-state index in [1.54, 1.807) is 5.23 Å². The van der Waals surface area contributed by atoms with Crippen LogP contribution >= 0.6 is 18.5 Å². The first kappa shape index (κ1) is 13.7. The van der Waals surface area contributed by atoms with Crippen molar-refractivity contribution in [3.05, 3.63) is 0 Å². The molecule has 0 rings (SSSR count). The number of hydrogen-bond acceptors (Lipinski definition) is 3. The second-order valence-corrected chi connectivity index (χ2v) is 5.47. The van der Waals surface area contributed by atoms with Gasteiger partial charge in [-0.05, 0) is 18.2 Å². The van der Waals surface area contributed by atoms with Gasteiger partial charge in [0.05, 0.1) is 13.2 Å². The molecule has 0 bridgehead atoms. The molecule has 0 amide bonds. The molecule has 0 spiro atoms. The molecule has 3 nitrogen and oxygen atoms in total. The van der Waals surface area contributed by atoms with E-state index < -0.39 is 0 Å². The first-order chi connectivity index (χ1) is 6.06. The predicted octanol–water partition coefficient (Wildman–Crippen LogP) is 1.70. The zero-order chi connectivity index (χ0) is 10.3. The fourth-order valence-corrected chi connectivity index (χ4v) is 0.793. The van der Waals surface area contributed by atoms with Gasteiger partial charge in [-0.3, -0.25) is 9.68 Å². The normalized spacial score (nSPS) is 16.2. The first-order valence-electron chi connectivity index (χ1n) is 4.60. The van der Waals surface area contributed by atoms with Crippen LogP contribution in [0.4, 0.5) is 0 Å². The molecule has 0 fully saturated rings. The van der Waals surface area contributed by atoms with Gasteiger partial charge in [-0.1, -0.05) is 19.1 Å². The molecule has 13 heavy (non-hydrogen) atoms. The van der Waals surface area contributed by atoms with Crippen molar-refractivity contribution >= 4 is 18.5 Å². The number of rotatable bonds is 7. The molecule has 0 aromatic rings. The lowest BCUT2D eigenvalue weighted by Crippen LogP contribution is -2.28. The largest absolute Gasteiger partial charge is 0.274 e. The highest BCUT2D eigenvalue weighted by Crippen LogP contribution is 2.04. The van der Waals surface area contributed by atoms with Gasteiger partial charge in [0.15, 0.2) is 0 Å². The molecule has 0 saturated heterocycles. The van der Waals surface area contributed by atoms with E-state index in [0.717, 1.165) is 6.54 Å². The lowest BCUT2D eigenvalue weighted by Gasteiger charge is -2.21.